The van der Waals surface area contributed by atoms with Crippen LogP contribution in [0.5, 0.6) is 0 Å². The van der Waals surface area contributed by atoms with Gasteiger partial charge in [-0.1, -0.05) is 182 Å². The third-order valence-corrected chi connectivity index (χ3v) is 18.3. The number of para-hydroxylation sites is 1. The molecule has 1 aliphatic carbocycles. The number of benzene rings is 12. The van der Waals surface area contributed by atoms with Crippen molar-refractivity contribution < 1.29 is 0 Å². The Bertz CT molecular complexity index is 4620. The van der Waals surface area contributed by atoms with Gasteiger partial charge in [0.15, 0.2) is 5.69 Å². The van der Waals surface area contributed by atoms with Gasteiger partial charge in [-0.25, -0.2) is 4.85 Å². The van der Waals surface area contributed by atoms with E-state index in [9.17, 15) is 5.26 Å². The van der Waals surface area contributed by atoms with Gasteiger partial charge < -0.3 is 9.80 Å². The summed E-state index contributed by atoms with van der Waals surface area (Å²) in [5.41, 5.74) is 18.5. The van der Waals surface area contributed by atoms with Crippen molar-refractivity contribution in [2.45, 2.75) is 15.2 Å². The normalized spacial score (nSPS) is 12.6. The van der Waals surface area contributed by atoms with E-state index >= 15 is 0 Å². The van der Waals surface area contributed by atoms with Crippen LogP contribution in [0.2, 0.25) is 0 Å². The summed E-state index contributed by atoms with van der Waals surface area (Å²) in [4.78, 5) is 10.8. The van der Waals surface area contributed by atoms with Crippen molar-refractivity contribution >= 4 is 93.9 Å². The van der Waals surface area contributed by atoms with E-state index in [1.54, 1.807) is 6.07 Å². The van der Waals surface area contributed by atoms with E-state index < -0.39 is 5.41 Å². The summed E-state index contributed by atoms with van der Waals surface area (Å²) in [6.45, 7) is 7.89. The lowest BCUT2D eigenvalue weighted by atomic mass is 9.67. The number of thiophene rings is 1. The highest BCUT2D eigenvalue weighted by molar-refractivity contribution is 7.99. The van der Waals surface area contributed by atoms with Gasteiger partial charge in [0, 0.05) is 69.3 Å². The summed E-state index contributed by atoms with van der Waals surface area (Å²) < 4.78 is 2.55. The minimum atomic E-state index is -0.488. The van der Waals surface area contributed by atoms with Crippen molar-refractivity contribution in [3.05, 3.63) is 306 Å². The third-order valence-electron chi connectivity index (χ3n) is 15.9. The van der Waals surface area contributed by atoms with Crippen molar-refractivity contribution in [3.8, 4) is 39.4 Å². The SMILES string of the molecule is [C-]#[N+]c1cc(C#N)cc(N(c2ccccc2)c2ccc(N(c3cccc(-c4cccc5c4sc4ccccc45)c3)c3ccc(-c4ccc5c(c4)C4(c6ccccc6S5)c5ccccc5-c5ccccc54)c4ccccc34)cc2)c1. The standard InChI is InChI=1S/C73H44N4S2/c1-75-50-41-47(46-74)42-55(45-50)76(51-18-3-2-4-19-51)52-34-36-53(37-35-52)77(54-20-15-17-48(43-54)57-26-16-27-63-62-25-9-13-31-69(62)79-72(57)63)68-39-38-56(58-21-5-6-24-61(58)68)49-33-40-71-67(44-49)73(66-30-12-14-32-70(66)78-71)64-28-10-7-22-59(64)60-23-8-11-29-65(60)73/h2-45H. The van der Waals surface area contributed by atoms with E-state index in [4.69, 9.17) is 6.57 Å². The fourth-order valence-electron chi connectivity index (χ4n) is 12.6. The van der Waals surface area contributed by atoms with Gasteiger partial charge in [0.05, 0.1) is 23.7 Å². The van der Waals surface area contributed by atoms with Crippen LogP contribution in [0.1, 0.15) is 27.8 Å². The molecular formula is C73H44N4S2. The van der Waals surface area contributed by atoms with Crippen molar-refractivity contribution in [3.63, 3.8) is 0 Å². The van der Waals surface area contributed by atoms with Crippen molar-refractivity contribution in [2.75, 3.05) is 9.80 Å². The highest BCUT2D eigenvalue weighted by Gasteiger charge is 2.50. The Morgan fingerprint density at radius 3 is 1.76 bits per heavy atom. The average Bonchev–Trinajstić information content (AvgIpc) is 3.89. The van der Waals surface area contributed by atoms with Gasteiger partial charge in [0.2, 0.25) is 0 Å². The first kappa shape index (κ1) is 46.4. The van der Waals surface area contributed by atoms with E-state index in [0.717, 1.165) is 56.0 Å². The molecule has 0 unspecified atom stereocenters. The van der Waals surface area contributed by atoms with Crippen LogP contribution in [0.25, 0.3) is 69.2 Å². The molecule has 0 fully saturated rings. The van der Waals surface area contributed by atoms with Crippen molar-refractivity contribution in [1.82, 2.24) is 0 Å². The molecule has 15 rings (SSSR count). The molecule has 0 radical (unpaired) electrons. The molecule has 1 aliphatic heterocycles. The van der Waals surface area contributed by atoms with Crippen LogP contribution in [-0.2, 0) is 5.41 Å². The molecule has 0 saturated carbocycles. The van der Waals surface area contributed by atoms with Crippen LogP contribution < -0.4 is 9.80 Å². The molecule has 0 saturated heterocycles. The molecule has 0 N–H and O–H groups in total. The molecule has 0 atom stereocenters. The summed E-state index contributed by atoms with van der Waals surface area (Å²) in [7, 11) is 0. The van der Waals surface area contributed by atoms with Crippen LogP contribution in [-0.4, -0.2) is 0 Å². The van der Waals surface area contributed by atoms with Gasteiger partial charge in [-0.15, -0.1) is 11.3 Å². The molecule has 368 valence electrons. The summed E-state index contributed by atoms with van der Waals surface area (Å²) in [6.07, 6.45) is 0. The molecule has 13 aromatic rings. The zero-order valence-corrected chi connectivity index (χ0v) is 44.1. The van der Waals surface area contributed by atoms with E-state index in [2.05, 4.69) is 251 Å². The van der Waals surface area contributed by atoms with E-state index in [0.29, 0.717) is 11.3 Å². The highest BCUT2D eigenvalue weighted by Crippen LogP contribution is 2.62. The Hall–Kier alpha value is -9.95. The Balaban J connectivity index is 0.914. The van der Waals surface area contributed by atoms with Gasteiger partial charge in [-0.2, -0.15) is 5.26 Å². The monoisotopic (exact) mass is 1040 g/mol. The Kier molecular flexibility index (Phi) is 10.9. The average molecular weight is 1040 g/mol. The fourth-order valence-corrected chi connectivity index (χ4v) is 15.0. The number of nitriles is 1. The first-order valence-electron chi connectivity index (χ1n) is 26.4. The van der Waals surface area contributed by atoms with Gasteiger partial charge in [0.25, 0.3) is 0 Å². The second-order valence-corrected chi connectivity index (χ2v) is 22.3. The Labute approximate surface area is 466 Å². The zero-order valence-electron chi connectivity index (χ0n) is 42.5. The number of anilines is 6. The molecule has 1 spiro atoms. The minimum Gasteiger partial charge on any atom is -0.312 e. The second-order valence-electron chi connectivity index (χ2n) is 20.1. The van der Waals surface area contributed by atoms with Crippen LogP contribution in [0.4, 0.5) is 39.8 Å². The molecule has 4 nitrogen and oxygen atoms in total. The highest BCUT2D eigenvalue weighted by atomic mass is 32.2. The van der Waals surface area contributed by atoms with Crippen LogP contribution in [0, 0.1) is 17.9 Å². The second kappa shape index (κ2) is 18.7. The molecule has 0 amide bonds. The van der Waals surface area contributed by atoms with Gasteiger partial charge in [-0.05, 0) is 158 Å². The lowest BCUT2D eigenvalue weighted by molar-refractivity contribution is 0.723. The van der Waals surface area contributed by atoms with Gasteiger partial charge in [-0.3, -0.25) is 0 Å². The van der Waals surface area contributed by atoms with E-state index in [1.807, 2.05) is 53.4 Å². The largest absolute Gasteiger partial charge is 0.312 e. The minimum absolute atomic E-state index is 0.410. The van der Waals surface area contributed by atoms with Crippen LogP contribution in [0.3, 0.4) is 0 Å². The fraction of sp³-hybridized carbons (Fsp3) is 0.0137. The van der Waals surface area contributed by atoms with Crippen molar-refractivity contribution in [1.29, 1.82) is 5.26 Å². The number of hydrogen-bond acceptors (Lipinski definition) is 5. The molecule has 6 heteroatoms. The van der Waals surface area contributed by atoms with E-state index in [1.165, 1.54) is 74.5 Å². The maximum Gasteiger partial charge on any atom is 0.190 e. The first-order chi connectivity index (χ1) is 39.1. The smallest absolute Gasteiger partial charge is 0.190 e. The topological polar surface area (TPSA) is 34.6 Å². The summed E-state index contributed by atoms with van der Waals surface area (Å²) in [5.74, 6) is 0. The molecule has 1 aromatic heterocycles. The molecule has 79 heavy (non-hydrogen) atoms. The number of nitrogens with zero attached hydrogens (tertiary/aromatic N) is 4. The molecule has 12 aromatic carbocycles. The lowest BCUT2D eigenvalue weighted by Gasteiger charge is -2.40. The predicted molar refractivity (Wildman–Crippen MR) is 329 cm³/mol. The van der Waals surface area contributed by atoms with Gasteiger partial charge in [0.1, 0.15) is 0 Å². The molecular weight excluding hydrogens is 997 g/mol. The zero-order chi connectivity index (χ0) is 52.6. The van der Waals surface area contributed by atoms with Gasteiger partial charge >= 0.3 is 0 Å². The van der Waals surface area contributed by atoms with Crippen LogP contribution in [0.15, 0.2) is 277 Å². The summed E-state index contributed by atoms with van der Waals surface area (Å²) in [5, 5.41) is 14.9. The lowest BCUT2D eigenvalue weighted by Crippen LogP contribution is -2.32. The van der Waals surface area contributed by atoms with Crippen LogP contribution >= 0.6 is 23.1 Å². The van der Waals surface area contributed by atoms with E-state index in [-0.39, 0.29) is 0 Å². The Morgan fingerprint density at radius 1 is 0.392 bits per heavy atom. The summed E-state index contributed by atoms with van der Waals surface area (Å²) in [6, 6.07) is 98.4. The maximum atomic E-state index is 10.1. The third kappa shape index (κ3) is 7.34. The predicted octanol–water partition coefficient (Wildman–Crippen LogP) is 20.7. The molecule has 2 aliphatic rings. The number of hydrogen-bond donors (Lipinski definition) is 0. The number of rotatable bonds is 8. The van der Waals surface area contributed by atoms with Crippen molar-refractivity contribution in [2.24, 2.45) is 0 Å². The summed E-state index contributed by atoms with van der Waals surface area (Å²) >= 11 is 3.72. The molecule has 0 bridgehead atoms. The molecule has 2 heterocycles. The first-order valence-corrected chi connectivity index (χ1v) is 28.0. The Morgan fingerprint density at radius 2 is 0.987 bits per heavy atom. The maximum absolute atomic E-state index is 10.1. The number of fused-ring (bicyclic) bond motifs is 13. The quantitative estimate of drug-likeness (QED) is 0.142.